The van der Waals surface area contributed by atoms with Gasteiger partial charge >= 0.3 is 5.97 Å². The highest BCUT2D eigenvalue weighted by Gasteiger charge is 2.43. The Kier molecular flexibility index (Phi) is 3.72. The molecule has 27 heavy (non-hydrogen) atoms. The van der Waals surface area contributed by atoms with Gasteiger partial charge in [-0.1, -0.05) is 12.1 Å². The number of carboxylic acid groups (broad SMARTS) is 1. The molecular weight excluding hydrogens is 356 g/mol. The Balaban J connectivity index is 1.86. The molecule has 2 aliphatic rings. The van der Waals surface area contributed by atoms with E-state index in [4.69, 9.17) is 9.47 Å². The van der Waals surface area contributed by atoms with E-state index < -0.39 is 28.8 Å². The predicted molar refractivity (Wildman–Crippen MR) is 90.9 cm³/mol. The molecule has 2 heterocycles. The number of nitrogens with zero attached hydrogens (tertiary/aromatic N) is 2. The van der Waals surface area contributed by atoms with Crippen molar-refractivity contribution in [3.8, 4) is 11.5 Å². The summed E-state index contributed by atoms with van der Waals surface area (Å²) in [6.07, 6.45) is 0. The van der Waals surface area contributed by atoms with Gasteiger partial charge in [-0.15, -0.1) is 0 Å². The standard InChI is InChI=1S/C18H14N2O7/c1-19-16(9-2-5-13-14(6-9)27-8-26-13)15(18(22)23)11-4-3-10(20(24)25)7-12(11)17(19)21/h2-7,15-16H,8H2,1H3,(H,22,23)/t15-,16-/m1/s1. The third-order valence-corrected chi connectivity index (χ3v) is 4.87. The van der Waals surface area contributed by atoms with Crippen LogP contribution in [0.15, 0.2) is 36.4 Å². The van der Waals surface area contributed by atoms with Crippen LogP contribution in [0, 0.1) is 10.1 Å². The summed E-state index contributed by atoms with van der Waals surface area (Å²) in [5, 5.41) is 20.9. The molecule has 0 aromatic heterocycles. The van der Waals surface area contributed by atoms with Crippen molar-refractivity contribution in [3.63, 3.8) is 0 Å². The molecule has 0 aliphatic carbocycles. The van der Waals surface area contributed by atoms with Crippen LogP contribution in [0.3, 0.4) is 0 Å². The average Bonchev–Trinajstić information content (AvgIpc) is 3.11. The molecule has 0 saturated heterocycles. The van der Waals surface area contributed by atoms with Gasteiger partial charge in [0.1, 0.15) is 5.92 Å². The fourth-order valence-electron chi connectivity index (χ4n) is 3.61. The number of ether oxygens (including phenoxy) is 2. The summed E-state index contributed by atoms with van der Waals surface area (Å²) in [5.74, 6) is -1.66. The van der Waals surface area contributed by atoms with Gasteiger partial charge in [0.25, 0.3) is 11.6 Å². The monoisotopic (exact) mass is 370 g/mol. The first-order chi connectivity index (χ1) is 12.9. The second-order valence-electron chi connectivity index (χ2n) is 6.32. The Hall–Kier alpha value is -3.62. The van der Waals surface area contributed by atoms with Gasteiger partial charge in [-0.2, -0.15) is 0 Å². The highest BCUT2D eigenvalue weighted by molar-refractivity contribution is 6.00. The number of aliphatic carboxylic acids is 1. The first kappa shape index (κ1) is 16.8. The summed E-state index contributed by atoms with van der Waals surface area (Å²) in [4.78, 5) is 36.6. The number of hydrogen-bond acceptors (Lipinski definition) is 6. The van der Waals surface area contributed by atoms with Crippen LogP contribution in [0.5, 0.6) is 11.5 Å². The van der Waals surface area contributed by atoms with Crippen molar-refractivity contribution in [2.24, 2.45) is 0 Å². The third kappa shape index (κ3) is 2.55. The number of likely N-dealkylation sites (N-methyl/N-ethyl adjacent to an activating group) is 1. The predicted octanol–water partition coefficient (Wildman–Crippen LogP) is 2.32. The number of carbonyl (C=O) groups excluding carboxylic acids is 1. The summed E-state index contributed by atoms with van der Waals surface area (Å²) in [6.45, 7) is 0.0765. The van der Waals surface area contributed by atoms with Gasteiger partial charge in [-0.05, 0) is 23.3 Å². The summed E-state index contributed by atoms with van der Waals surface area (Å²) in [5.41, 5.74) is 0.586. The van der Waals surface area contributed by atoms with Gasteiger partial charge in [0.05, 0.1) is 16.5 Å². The van der Waals surface area contributed by atoms with E-state index in [2.05, 4.69) is 0 Å². The van der Waals surface area contributed by atoms with Crippen molar-refractivity contribution in [1.29, 1.82) is 0 Å². The van der Waals surface area contributed by atoms with E-state index in [0.717, 1.165) is 6.07 Å². The fraction of sp³-hybridized carbons (Fsp3) is 0.222. The zero-order valence-corrected chi connectivity index (χ0v) is 14.1. The first-order valence-electron chi connectivity index (χ1n) is 8.06. The molecule has 9 heteroatoms. The normalized spacial score (nSPS) is 20.3. The van der Waals surface area contributed by atoms with Crippen molar-refractivity contribution in [2.45, 2.75) is 12.0 Å². The van der Waals surface area contributed by atoms with Gasteiger partial charge < -0.3 is 19.5 Å². The molecule has 2 aromatic rings. The molecule has 2 aliphatic heterocycles. The van der Waals surface area contributed by atoms with Crippen LogP contribution in [-0.2, 0) is 4.79 Å². The van der Waals surface area contributed by atoms with E-state index >= 15 is 0 Å². The second kappa shape index (κ2) is 5.97. The molecular formula is C18H14N2O7. The van der Waals surface area contributed by atoms with Crippen LogP contribution in [0.2, 0.25) is 0 Å². The number of nitro groups is 1. The Labute approximate surface area is 152 Å². The largest absolute Gasteiger partial charge is 0.481 e. The lowest BCUT2D eigenvalue weighted by Gasteiger charge is -2.38. The number of non-ortho nitro benzene ring substituents is 1. The molecule has 0 fully saturated rings. The summed E-state index contributed by atoms with van der Waals surface area (Å²) in [6, 6.07) is 7.90. The van der Waals surface area contributed by atoms with Crippen LogP contribution in [0.1, 0.15) is 33.4 Å². The molecule has 0 radical (unpaired) electrons. The van der Waals surface area contributed by atoms with Gasteiger partial charge in [-0.25, -0.2) is 0 Å². The number of carbonyl (C=O) groups is 2. The minimum Gasteiger partial charge on any atom is -0.481 e. The van der Waals surface area contributed by atoms with Gasteiger partial charge in [0.2, 0.25) is 6.79 Å². The first-order valence-corrected chi connectivity index (χ1v) is 8.06. The summed E-state index contributed by atoms with van der Waals surface area (Å²) >= 11 is 0. The van der Waals surface area contributed by atoms with Gasteiger partial charge in [-0.3, -0.25) is 19.7 Å². The van der Waals surface area contributed by atoms with E-state index in [1.807, 2.05) is 0 Å². The number of nitro benzene ring substituents is 1. The van der Waals surface area contributed by atoms with Crippen LogP contribution in [0.4, 0.5) is 5.69 Å². The number of fused-ring (bicyclic) bond motifs is 2. The zero-order chi connectivity index (χ0) is 19.3. The number of carboxylic acids is 1. The van der Waals surface area contributed by atoms with Gasteiger partial charge in [0, 0.05) is 19.2 Å². The van der Waals surface area contributed by atoms with Crippen LogP contribution in [0.25, 0.3) is 0 Å². The maximum Gasteiger partial charge on any atom is 0.313 e. The molecule has 2 atom stereocenters. The van der Waals surface area contributed by atoms with Crippen molar-refractivity contribution >= 4 is 17.6 Å². The van der Waals surface area contributed by atoms with Gasteiger partial charge in [0.15, 0.2) is 11.5 Å². The lowest BCUT2D eigenvalue weighted by atomic mass is 9.80. The Morgan fingerprint density at radius 3 is 2.67 bits per heavy atom. The Morgan fingerprint density at radius 1 is 1.22 bits per heavy atom. The molecule has 0 bridgehead atoms. The molecule has 0 unspecified atom stereocenters. The molecule has 9 nitrogen and oxygen atoms in total. The van der Waals surface area contributed by atoms with Crippen molar-refractivity contribution in [3.05, 3.63) is 63.2 Å². The maximum absolute atomic E-state index is 12.8. The molecule has 4 rings (SSSR count). The fourth-order valence-corrected chi connectivity index (χ4v) is 3.61. The van der Waals surface area contributed by atoms with Crippen molar-refractivity contribution in [2.75, 3.05) is 13.8 Å². The molecule has 1 amide bonds. The van der Waals surface area contributed by atoms with E-state index in [1.165, 1.54) is 24.1 Å². The van der Waals surface area contributed by atoms with Crippen molar-refractivity contribution < 1.29 is 29.1 Å². The van der Waals surface area contributed by atoms with E-state index in [-0.39, 0.29) is 23.6 Å². The topological polar surface area (TPSA) is 119 Å². The molecule has 1 N–H and O–H groups in total. The van der Waals surface area contributed by atoms with Crippen molar-refractivity contribution in [1.82, 2.24) is 4.90 Å². The Morgan fingerprint density at radius 2 is 1.96 bits per heavy atom. The summed E-state index contributed by atoms with van der Waals surface area (Å²) in [7, 11) is 1.48. The minimum absolute atomic E-state index is 0.0242. The van der Waals surface area contributed by atoms with E-state index in [0.29, 0.717) is 17.1 Å². The average molecular weight is 370 g/mol. The number of amides is 1. The SMILES string of the molecule is CN1C(=O)c2cc([N+](=O)[O-])ccc2[C@@H](C(=O)O)[C@H]1c1ccc2c(c1)OCO2. The Bertz CT molecular complexity index is 988. The lowest BCUT2D eigenvalue weighted by molar-refractivity contribution is -0.384. The summed E-state index contributed by atoms with van der Waals surface area (Å²) < 4.78 is 10.6. The third-order valence-electron chi connectivity index (χ3n) is 4.87. The number of benzene rings is 2. The van der Waals surface area contributed by atoms with Crippen LogP contribution in [-0.4, -0.2) is 40.6 Å². The minimum atomic E-state index is -1.13. The molecule has 0 saturated carbocycles. The molecule has 138 valence electrons. The van der Waals surface area contributed by atoms with Crippen LogP contribution >= 0.6 is 0 Å². The number of hydrogen-bond donors (Lipinski definition) is 1. The maximum atomic E-state index is 12.8. The molecule has 2 aromatic carbocycles. The zero-order valence-electron chi connectivity index (χ0n) is 14.1. The highest BCUT2D eigenvalue weighted by atomic mass is 16.7. The highest BCUT2D eigenvalue weighted by Crippen LogP contribution is 2.45. The smallest absolute Gasteiger partial charge is 0.313 e. The number of rotatable bonds is 3. The lowest BCUT2D eigenvalue weighted by Crippen LogP contribution is -2.42. The quantitative estimate of drug-likeness (QED) is 0.650. The van der Waals surface area contributed by atoms with Crippen LogP contribution < -0.4 is 9.47 Å². The van der Waals surface area contributed by atoms with E-state index in [9.17, 15) is 24.8 Å². The molecule has 0 spiro atoms. The second-order valence-corrected chi connectivity index (χ2v) is 6.32. The van der Waals surface area contributed by atoms with E-state index in [1.54, 1.807) is 18.2 Å².